The molecule has 20 heavy (non-hydrogen) atoms. The number of rotatable bonds is 4. The lowest BCUT2D eigenvalue weighted by atomic mass is 9.98. The van der Waals surface area contributed by atoms with Crippen LogP contribution in [0.25, 0.3) is 10.9 Å². The first-order valence-corrected chi connectivity index (χ1v) is 6.90. The zero-order chi connectivity index (χ0) is 13.9. The molecule has 3 nitrogen and oxygen atoms in total. The van der Waals surface area contributed by atoms with Gasteiger partial charge in [0, 0.05) is 23.2 Å². The fraction of sp³-hybridized carbons (Fsp3) is 0.188. The van der Waals surface area contributed by atoms with Crippen LogP contribution in [0.5, 0.6) is 0 Å². The third-order valence-corrected chi connectivity index (χ3v) is 3.84. The molecule has 0 saturated carbocycles. The van der Waals surface area contributed by atoms with E-state index in [0.29, 0.717) is 5.22 Å². The molecule has 0 aliphatic carbocycles. The molecular weight excluding hydrogens is 272 g/mol. The van der Waals surface area contributed by atoms with E-state index >= 15 is 0 Å². The monoisotopic (exact) mass is 286 g/mol. The molecule has 0 saturated heterocycles. The maximum absolute atomic E-state index is 6.08. The highest BCUT2D eigenvalue weighted by atomic mass is 35.5. The summed E-state index contributed by atoms with van der Waals surface area (Å²) in [5.74, 6) is 0. The number of aromatic nitrogens is 1. The van der Waals surface area contributed by atoms with Crippen molar-refractivity contribution in [1.29, 1.82) is 0 Å². The second kappa shape index (κ2) is 5.65. The highest BCUT2D eigenvalue weighted by Crippen LogP contribution is 2.28. The van der Waals surface area contributed by atoms with Crippen molar-refractivity contribution in [2.45, 2.75) is 12.5 Å². The third kappa shape index (κ3) is 2.42. The second-order valence-electron chi connectivity index (χ2n) is 4.68. The van der Waals surface area contributed by atoms with Crippen LogP contribution in [0.3, 0.4) is 0 Å². The van der Waals surface area contributed by atoms with Gasteiger partial charge in [0.25, 0.3) is 0 Å². The number of pyridine rings is 1. The van der Waals surface area contributed by atoms with Crippen LogP contribution in [0.4, 0.5) is 0 Å². The molecular formula is C16H15ClN2O. The molecule has 3 rings (SSSR count). The number of halogens is 1. The molecule has 1 unspecified atom stereocenters. The average molecular weight is 287 g/mol. The molecule has 3 aromatic rings. The Hall–Kier alpha value is -1.84. The van der Waals surface area contributed by atoms with E-state index in [0.717, 1.165) is 17.5 Å². The number of fused-ring (bicyclic) bond motifs is 1. The summed E-state index contributed by atoms with van der Waals surface area (Å²) in [5.41, 5.74) is 3.24. The summed E-state index contributed by atoms with van der Waals surface area (Å²) >= 11 is 6.08. The molecule has 0 amide bonds. The minimum Gasteiger partial charge on any atom is -0.453 e. The lowest BCUT2D eigenvalue weighted by Gasteiger charge is -2.16. The van der Waals surface area contributed by atoms with Crippen LogP contribution >= 0.6 is 11.6 Å². The summed E-state index contributed by atoms with van der Waals surface area (Å²) in [4.78, 5) is 4.39. The van der Waals surface area contributed by atoms with Crippen molar-refractivity contribution in [2.75, 3.05) is 7.05 Å². The number of benzene rings is 1. The summed E-state index contributed by atoms with van der Waals surface area (Å²) in [6, 6.07) is 12.2. The molecule has 1 N–H and O–H groups in total. The summed E-state index contributed by atoms with van der Waals surface area (Å²) < 4.78 is 5.19. The maximum atomic E-state index is 6.08. The van der Waals surface area contributed by atoms with Crippen LogP contribution < -0.4 is 5.32 Å². The van der Waals surface area contributed by atoms with E-state index in [9.17, 15) is 0 Å². The van der Waals surface area contributed by atoms with E-state index in [-0.39, 0.29) is 6.04 Å². The predicted molar refractivity (Wildman–Crippen MR) is 81.0 cm³/mol. The van der Waals surface area contributed by atoms with Gasteiger partial charge in [0.1, 0.15) is 0 Å². The number of nitrogens with one attached hydrogen (secondary N) is 1. The molecule has 0 aliphatic heterocycles. The van der Waals surface area contributed by atoms with Crippen LogP contribution in [-0.4, -0.2) is 12.0 Å². The van der Waals surface area contributed by atoms with Crippen LogP contribution in [0.15, 0.2) is 53.3 Å². The van der Waals surface area contributed by atoms with Gasteiger partial charge in [-0.25, -0.2) is 0 Å². The lowest BCUT2D eigenvalue weighted by Crippen LogP contribution is -2.18. The molecule has 4 heteroatoms. The highest BCUT2D eigenvalue weighted by molar-refractivity contribution is 6.29. The number of hydrogen-bond acceptors (Lipinski definition) is 3. The molecule has 2 heterocycles. The van der Waals surface area contributed by atoms with Crippen molar-refractivity contribution in [3.05, 3.63) is 65.2 Å². The molecule has 1 aromatic carbocycles. The Morgan fingerprint density at radius 2 is 2.10 bits per heavy atom. The molecule has 0 fully saturated rings. The van der Waals surface area contributed by atoms with Gasteiger partial charge in [-0.05, 0) is 48.8 Å². The van der Waals surface area contributed by atoms with Crippen LogP contribution in [0.2, 0.25) is 5.22 Å². The molecule has 0 radical (unpaired) electrons. The Morgan fingerprint density at radius 3 is 2.85 bits per heavy atom. The first-order chi connectivity index (χ1) is 9.79. The van der Waals surface area contributed by atoms with Crippen molar-refractivity contribution in [1.82, 2.24) is 10.3 Å². The normalized spacial score (nSPS) is 12.7. The highest BCUT2D eigenvalue weighted by Gasteiger charge is 2.16. The average Bonchev–Trinajstić information content (AvgIpc) is 2.91. The maximum Gasteiger partial charge on any atom is 0.197 e. The number of hydrogen-bond donors (Lipinski definition) is 1. The van der Waals surface area contributed by atoms with Crippen molar-refractivity contribution in [2.24, 2.45) is 0 Å². The van der Waals surface area contributed by atoms with Gasteiger partial charge >= 0.3 is 0 Å². The second-order valence-corrected chi connectivity index (χ2v) is 5.03. The van der Waals surface area contributed by atoms with Crippen molar-refractivity contribution in [3.8, 4) is 0 Å². The first-order valence-electron chi connectivity index (χ1n) is 6.52. The molecule has 102 valence electrons. The zero-order valence-electron chi connectivity index (χ0n) is 11.1. The van der Waals surface area contributed by atoms with E-state index in [1.807, 2.05) is 37.5 Å². The third-order valence-electron chi connectivity index (χ3n) is 3.53. The van der Waals surface area contributed by atoms with Gasteiger partial charge in [-0.2, -0.15) is 0 Å². The van der Waals surface area contributed by atoms with Gasteiger partial charge in [-0.3, -0.25) is 4.98 Å². The van der Waals surface area contributed by atoms with E-state index in [4.69, 9.17) is 16.0 Å². The largest absolute Gasteiger partial charge is 0.453 e. The Labute approximate surface area is 122 Å². The molecule has 0 spiro atoms. The SMILES string of the molecule is CNC(Cc1ccnc2ccccc12)c1ccoc1Cl. The molecule has 2 aromatic heterocycles. The standard InChI is InChI=1S/C16H15ClN2O/c1-18-15(13-7-9-20-16(13)17)10-11-6-8-19-14-5-3-2-4-12(11)14/h2-9,15,18H,10H2,1H3. The first kappa shape index (κ1) is 13.2. The van der Waals surface area contributed by atoms with Gasteiger partial charge in [0.05, 0.1) is 11.8 Å². The fourth-order valence-corrected chi connectivity index (χ4v) is 2.72. The quantitative estimate of drug-likeness (QED) is 0.788. The molecule has 1 atom stereocenters. The Morgan fingerprint density at radius 1 is 1.25 bits per heavy atom. The number of likely N-dealkylation sites (N-methyl/N-ethyl adjacent to an activating group) is 1. The smallest absolute Gasteiger partial charge is 0.197 e. The van der Waals surface area contributed by atoms with Gasteiger partial charge in [-0.1, -0.05) is 18.2 Å². The molecule has 0 aliphatic rings. The topological polar surface area (TPSA) is 38.1 Å². The lowest BCUT2D eigenvalue weighted by molar-refractivity contribution is 0.545. The summed E-state index contributed by atoms with van der Waals surface area (Å²) in [6.07, 6.45) is 4.30. The van der Waals surface area contributed by atoms with Crippen LogP contribution in [-0.2, 0) is 6.42 Å². The minimum absolute atomic E-state index is 0.118. The number of para-hydroxylation sites is 1. The van der Waals surface area contributed by atoms with Gasteiger partial charge < -0.3 is 9.73 Å². The van der Waals surface area contributed by atoms with E-state index in [2.05, 4.69) is 22.4 Å². The minimum atomic E-state index is 0.118. The summed E-state index contributed by atoms with van der Waals surface area (Å²) in [7, 11) is 1.93. The van der Waals surface area contributed by atoms with Gasteiger partial charge in [-0.15, -0.1) is 0 Å². The summed E-state index contributed by atoms with van der Waals surface area (Å²) in [5, 5.41) is 4.92. The zero-order valence-corrected chi connectivity index (χ0v) is 11.9. The van der Waals surface area contributed by atoms with Crippen LogP contribution in [0.1, 0.15) is 17.2 Å². The Kier molecular flexibility index (Phi) is 3.72. The van der Waals surface area contributed by atoms with E-state index in [1.165, 1.54) is 10.9 Å². The van der Waals surface area contributed by atoms with Gasteiger partial charge in [0.15, 0.2) is 5.22 Å². The Balaban J connectivity index is 1.98. The van der Waals surface area contributed by atoms with Crippen molar-refractivity contribution < 1.29 is 4.42 Å². The Bertz CT molecular complexity index is 718. The number of nitrogens with zero attached hydrogens (tertiary/aromatic N) is 1. The van der Waals surface area contributed by atoms with E-state index < -0.39 is 0 Å². The van der Waals surface area contributed by atoms with Crippen LogP contribution in [0, 0.1) is 0 Å². The molecule has 0 bridgehead atoms. The predicted octanol–water partition coefficient (Wildman–Crippen LogP) is 3.98. The van der Waals surface area contributed by atoms with Crippen molar-refractivity contribution >= 4 is 22.5 Å². The number of furan rings is 1. The fourth-order valence-electron chi connectivity index (χ4n) is 2.47. The summed E-state index contributed by atoms with van der Waals surface area (Å²) in [6.45, 7) is 0. The van der Waals surface area contributed by atoms with E-state index in [1.54, 1.807) is 6.26 Å². The van der Waals surface area contributed by atoms with Crippen molar-refractivity contribution in [3.63, 3.8) is 0 Å². The van der Waals surface area contributed by atoms with Gasteiger partial charge in [0.2, 0.25) is 0 Å².